The van der Waals surface area contributed by atoms with E-state index in [9.17, 15) is 9.59 Å². The quantitative estimate of drug-likeness (QED) is 0.660. The van der Waals surface area contributed by atoms with E-state index in [4.69, 9.17) is 4.74 Å². The number of ether oxygens (including phenoxy) is 1. The second-order valence-corrected chi connectivity index (χ2v) is 2.69. The lowest BCUT2D eigenvalue weighted by Crippen LogP contribution is -1.95. The molecule has 0 saturated heterocycles. The third kappa shape index (κ3) is 1.75. The predicted octanol–water partition coefficient (Wildman–Crippen LogP) is 1.63. The number of aryl methyl sites for hydroxylation is 1. The van der Waals surface area contributed by atoms with E-state index in [-0.39, 0.29) is 0 Å². The molecule has 13 heavy (non-hydrogen) atoms. The maximum atomic E-state index is 10.6. The maximum absolute atomic E-state index is 10.6. The number of benzene rings is 1. The first-order chi connectivity index (χ1) is 6.22. The molecule has 1 rings (SSSR count). The molecule has 0 aliphatic rings. The minimum absolute atomic E-state index is 0.433. The van der Waals surface area contributed by atoms with Crippen molar-refractivity contribution >= 4 is 12.6 Å². The highest BCUT2D eigenvalue weighted by Crippen LogP contribution is 2.20. The summed E-state index contributed by atoms with van der Waals surface area (Å²) in [6.45, 7) is 1.77. The largest absolute Gasteiger partial charge is 0.496 e. The summed E-state index contributed by atoms with van der Waals surface area (Å²) in [7, 11) is 1.46. The van der Waals surface area contributed by atoms with Gasteiger partial charge in [0.15, 0.2) is 6.29 Å². The highest BCUT2D eigenvalue weighted by atomic mass is 16.5. The Labute approximate surface area is 76.3 Å². The molecule has 3 nitrogen and oxygen atoms in total. The summed E-state index contributed by atoms with van der Waals surface area (Å²) in [5, 5.41) is 0. The molecule has 0 amide bonds. The van der Waals surface area contributed by atoms with E-state index in [0.29, 0.717) is 23.2 Å². The molecule has 1 aromatic rings. The third-order valence-electron chi connectivity index (χ3n) is 1.87. The summed E-state index contributed by atoms with van der Waals surface area (Å²) in [5.74, 6) is 0.433. The summed E-state index contributed by atoms with van der Waals surface area (Å²) in [5.41, 5.74) is 1.78. The van der Waals surface area contributed by atoms with Crippen LogP contribution in [-0.2, 0) is 0 Å². The first-order valence-electron chi connectivity index (χ1n) is 3.82. The van der Waals surface area contributed by atoms with Crippen LogP contribution in [0.2, 0.25) is 0 Å². The van der Waals surface area contributed by atoms with Crippen molar-refractivity contribution in [1.82, 2.24) is 0 Å². The maximum Gasteiger partial charge on any atom is 0.153 e. The van der Waals surface area contributed by atoms with Crippen LogP contribution in [0.5, 0.6) is 5.75 Å². The summed E-state index contributed by atoms with van der Waals surface area (Å²) >= 11 is 0. The molecule has 0 bridgehead atoms. The van der Waals surface area contributed by atoms with Gasteiger partial charge in [-0.1, -0.05) is 0 Å². The van der Waals surface area contributed by atoms with Gasteiger partial charge in [0.05, 0.1) is 12.7 Å². The van der Waals surface area contributed by atoms with Gasteiger partial charge in [0.2, 0.25) is 0 Å². The molecule has 68 valence electrons. The molecule has 0 radical (unpaired) electrons. The SMILES string of the molecule is COc1cc(C=O)c(C)cc1C=O. The second kappa shape index (κ2) is 3.85. The summed E-state index contributed by atoms with van der Waals surface area (Å²) in [6, 6.07) is 3.20. The zero-order valence-electron chi connectivity index (χ0n) is 7.53. The van der Waals surface area contributed by atoms with E-state index >= 15 is 0 Å². The summed E-state index contributed by atoms with van der Waals surface area (Å²) in [6.07, 6.45) is 1.45. The summed E-state index contributed by atoms with van der Waals surface area (Å²) < 4.78 is 4.94. The van der Waals surface area contributed by atoms with Crippen LogP contribution in [0.1, 0.15) is 26.3 Å². The van der Waals surface area contributed by atoms with Crippen LogP contribution in [0.25, 0.3) is 0 Å². The summed E-state index contributed by atoms with van der Waals surface area (Å²) in [4.78, 5) is 21.1. The molecule has 0 spiro atoms. The zero-order valence-corrected chi connectivity index (χ0v) is 7.53. The molecular weight excluding hydrogens is 168 g/mol. The third-order valence-corrected chi connectivity index (χ3v) is 1.87. The van der Waals surface area contributed by atoms with Crippen molar-refractivity contribution in [3.8, 4) is 5.75 Å². The predicted molar refractivity (Wildman–Crippen MR) is 48.5 cm³/mol. The van der Waals surface area contributed by atoms with Gasteiger partial charge in [0.1, 0.15) is 12.0 Å². The van der Waals surface area contributed by atoms with Gasteiger partial charge in [-0.2, -0.15) is 0 Å². The van der Waals surface area contributed by atoms with Crippen molar-refractivity contribution in [2.75, 3.05) is 7.11 Å². The Balaban J connectivity index is 3.34. The van der Waals surface area contributed by atoms with Crippen LogP contribution in [0.4, 0.5) is 0 Å². The minimum Gasteiger partial charge on any atom is -0.496 e. The van der Waals surface area contributed by atoms with E-state index < -0.39 is 0 Å². The van der Waals surface area contributed by atoms with Gasteiger partial charge in [-0.15, -0.1) is 0 Å². The monoisotopic (exact) mass is 178 g/mol. The number of hydrogen-bond acceptors (Lipinski definition) is 3. The van der Waals surface area contributed by atoms with Crippen LogP contribution in [0.15, 0.2) is 12.1 Å². The van der Waals surface area contributed by atoms with Crippen LogP contribution in [0.3, 0.4) is 0 Å². The Morgan fingerprint density at radius 1 is 1.15 bits per heavy atom. The molecule has 0 N–H and O–H groups in total. The second-order valence-electron chi connectivity index (χ2n) is 2.69. The van der Waals surface area contributed by atoms with Gasteiger partial charge in [-0.3, -0.25) is 9.59 Å². The van der Waals surface area contributed by atoms with Crippen LogP contribution >= 0.6 is 0 Å². The molecule has 3 heteroatoms. The van der Waals surface area contributed by atoms with E-state index in [1.54, 1.807) is 19.1 Å². The van der Waals surface area contributed by atoms with Gasteiger partial charge >= 0.3 is 0 Å². The minimum atomic E-state index is 0.433. The standard InChI is InChI=1S/C10H10O3/c1-7-3-9(6-12)10(13-2)4-8(7)5-11/h3-6H,1-2H3. The van der Waals surface area contributed by atoms with Crippen molar-refractivity contribution in [3.63, 3.8) is 0 Å². The van der Waals surface area contributed by atoms with Crippen molar-refractivity contribution in [2.45, 2.75) is 6.92 Å². The van der Waals surface area contributed by atoms with Gasteiger partial charge in [-0.05, 0) is 24.6 Å². The lowest BCUT2D eigenvalue weighted by atomic mass is 10.1. The molecule has 0 heterocycles. The molecule has 0 aliphatic carbocycles. The average molecular weight is 178 g/mol. The number of methoxy groups -OCH3 is 1. The molecular formula is C10H10O3. The first-order valence-corrected chi connectivity index (χ1v) is 3.82. The number of carbonyl (C=O) groups excluding carboxylic acids is 2. The van der Waals surface area contributed by atoms with E-state index in [0.717, 1.165) is 11.8 Å². The number of carbonyl (C=O) groups is 2. The fourth-order valence-corrected chi connectivity index (χ4v) is 1.12. The Morgan fingerprint density at radius 2 is 1.77 bits per heavy atom. The van der Waals surface area contributed by atoms with Crippen molar-refractivity contribution < 1.29 is 14.3 Å². The van der Waals surface area contributed by atoms with Crippen molar-refractivity contribution in [2.24, 2.45) is 0 Å². The normalized spacial score (nSPS) is 9.38. The lowest BCUT2D eigenvalue weighted by Gasteiger charge is -2.05. The Kier molecular flexibility index (Phi) is 2.80. The van der Waals surface area contributed by atoms with Gasteiger partial charge < -0.3 is 4.74 Å². The zero-order chi connectivity index (χ0) is 9.84. The fourth-order valence-electron chi connectivity index (χ4n) is 1.12. The average Bonchev–Trinajstić information content (AvgIpc) is 2.17. The molecule has 1 aromatic carbocycles. The fraction of sp³-hybridized carbons (Fsp3) is 0.200. The van der Waals surface area contributed by atoms with Crippen LogP contribution < -0.4 is 4.74 Å². The van der Waals surface area contributed by atoms with Crippen LogP contribution in [0, 0.1) is 6.92 Å². The molecule has 0 aromatic heterocycles. The Bertz CT molecular complexity index is 342. The number of aldehydes is 2. The van der Waals surface area contributed by atoms with Crippen LogP contribution in [-0.4, -0.2) is 19.7 Å². The van der Waals surface area contributed by atoms with Gasteiger partial charge in [-0.25, -0.2) is 0 Å². The number of hydrogen-bond donors (Lipinski definition) is 0. The van der Waals surface area contributed by atoms with Crippen molar-refractivity contribution in [3.05, 3.63) is 28.8 Å². The Hall–Kier alpha value is -1.64. The molecule has 0 fully saturated rings. The highest BCUT2D eigenvalue weighted by Gasteiger charge is 2.05. The molecule has 0 aliphatic heterocycles. The highest BCUT2D eigenvalue weighted by molar-refractivity contribution is 5.85. The lowest BCUT2D eigenvalue weighted by molar-refractivity contribution is 0.111. The van der Waals surface area contributed by atoms with E-state index in [2.05, 4.69) is 0 Å². The molecule has 0 saturated carbocycles. The van der Waals surface area contributed by atoms with Gasteiger partial charge in [0.25, 0.3) is 0 Å². The smallest absolute Gasteiger partial charge is 0.153 e. The topological polar surface area (TPSA) is 43.4 Å². The first kappa shape index (κ1) is 9.45. The number of rotatable bonds is 3. The van der Waals surface area contributed by atoms with Gasteiger partial charge in [0, 0.05) is 5.56 Å². The van der Waals surface area contributed by atoms with Crippen molar-refractivity contribution in [1.29, 1.82) is 0 Å². The van der Waals surface area contributed by atoms with E-state index in [1.165, 1.54) is 7.11 Å². The Morgan fingerprint density at radius 3 is 2.23 bits per heavy atom. The molecule has 0 unspecified atom stereocenters. The van der Waals surface area contributed by atoms with E-state index in [1.807, 2.05) is 0 Å². The molecule has 0 atom stereocenters.